The molecule has 142 valence electrons. The van der Waals surface area contributed by atoms with Gasteiger partial charge in [-0.05, 0) is 37.1 Å². The lowest BCUT2D eigenvalue weighted by Crippen LogP contribution is -2.56. The molecule has 0 aliphatic carbocycles. The van der Waals surface area contributed by atoms with Crippen LogP contribution in [0, 0.1) is 6.92 Å². The highest BCUT2D eigenvalue weighted by Gasteiger charge is 2.33. The van der Waals surface area contributed by atoms with E-state index in [1.165, 1.54) is 0 Å². The summed E-state index contributed by atoms with van der Waals surface area (Å²) in [6.07, 6.45) is 4.03. The van der Waals surface area contributed by atoms with Gasteiger partial charge in [0.2, 0.25) is 5.91 Å². The van der Waals surface area contributed by atoms with Crippen molar-refractivity contribution >= 4 is 22.7 Å². The first-order chi connectivity index (χ1) is 13.6. The van der Waals surface area contributed by atoms with Gasteiger partial charge in [-0.15, -0.1) is 0 Å². The van der Waals surface area contributed by atoms with E-state index in [-0.39, 0.29) is 11.8 Å². The van der Waals surface area contributed by atoms with Crippen molar-refractivity contribution in [2.45, 2.75) is 26.3 Å². The van der Waals surface area contributed by atoms with Gasteiger partial charge < -0.3 is 10.2 Å². The van der Waals surface area contributed by atoms with Gasteiger partial charge in [-0.25, -0.2) is 4.98 Å². The first kappa shape index (κ1) is 18.1. The maximum Gasteiger partial charge on any atom is 0.255 e. The zero-order valence-corrected chi connectivity index (χ0v) is 16.0. The fraction of sp³-hybridized carbons (Fsp3) is 0.273. The molecule has 4 rings (SSSR count). The van der Waals surface area contributed by atoms with E-state index in [0.717, 1.165) is 22.0 Å². The predicted molar refractivity (Wildman–Crippen MR) is 108 cm³/mol. The van der Waals surface area contributed by atoms with Crippen molar-refractivity contribution in [2.75, 3.05) is 13.1 Å². The number of piperazine rings is 1. The van der Waals surface area contributed by atoms with Crippen molar-refractivity contribution in [1.82, 2.24) is 20.2 Å². The lowest BCUT2D eigenvalue weighted by Gasteiger charge is -2.34. The molecule has 1 aliphatic rings. The summed E-state index contributed by atoms with van der Waals surface area (Å²) in [4.78, 5) is 36.4. The van der Waals surface area contributed by atoms with Crippen LogP contribution >= 0.6 is 0 Å². The van der Waals surface area contributed by atoms with Crippen molar-refractivity contribution in [1.29, 1.82) is 0 Å². The quantitative estimate of drug-likeness (QED) is 0.765. The first-order valence-electron chi connectivity index (χ1n) is 9.49. The molecule has 6 heteroatoms. The number of amides is 2. The summed E-state index contributed by atoms with van der Waals surface area (Å²) in [7, 11) is 0. The molecule has 0 radical (unpaired) electrons. The Morgan fingerprint density at radius 1 is 1.29 bits per heavy atom. The van der Waals surface area contributed by atoms with E-state index < -0.39 is 6.04 Å². The monoisotopic (exact) mass is 374 g/mol. The molecule has 3 heterocycles. The molecular weight excluding hydrogens is 352 g/mol. The third kappa shape index (κ3) is 3.11. The summed E-state index contributed by atoms with van der Waals surface area (Å²) in [6.45, 7) is 4.88. The molecule has 0 bridgehead atoms. The maximum atomic E-state index is 13.5. The minimum atomic E-state index is -0.448. The number of para-hydroxylation sites is 1. The number of fused-ring (bicyclic) bond motifs is 1. The largest absolute Gasteiger partial charge is 0.353 e. The van der Waals surface area contributed by atoms with Crippen LogP contribution in [0.4, 0.5) is 0 Å². The fourth-order valence-electron chi connectivity index (χ4n) is 3.75. The molecular formula is C22H22N4O2. The summed E-state index contributed by atoms with van der Waals surface area (Å²) in [5.41, 5.74) is 3.92. The van der Waals surface area contributed by atoms with Gasteiger partial charge in [0.25, 0.3) is 5.91 Å². The number of aryl methyl sites for hydroxylation is 1. The Labute approximate surface area is 163 Å². The Balaban J connectivity index is 1.89. The van der Waals surface area contributed by atoms with Gasteiger partial charge >= 0.3 is 0 Å². The lowest BCUT2D eigenvalue weighted by molar-refractivity contribution is -0.127. The number of rotatable bonds is 3. The van der Waals surface area contributed by atoms with Crippen LogP contribution in [-0.2, 0) is 4.79 Å². The van der Waals surface area contributed by atoms with Crippen LogP contribution in [0.2, 0.25) is 0 Å². The number of benzene rings is 1. The summed E-state index contributed by atoms with van der Waals surface area (Å²) >= 11 is 0. The number of carbonyl (C=O) groups is 2. The zero-order valence-electron chi connectivity index (χ0n) is 16.0. The number of nitrogens with zero attached hydrogens (tertiary/aromatic N) is 3. The highest BCUT2D eigenvalue weighted by atomic mass is 16.2. The molecule has 2 aromatic heterocycles. The minimum absolute atomic E-state index is 0.0934. The average molecular weight is 374 g/mol. The standard InChI is InChI=1S/C22H22N4O2/c1-3-19-21(27)24-10-11-26(19)22(28)17-12-18(15-7-5-9-23-13-15)25-20-14(2)6-4-8-16(17)20/h4-9,12-13,19H,3,10-11H2,1-2H3,(H,24,27)/t19-/m1/s1. The third-order valence-corrected chi connectivity index (χ3v) is 5.21. The van der Waals surface area contributed by atoms with E-state index in [4.69, 9.17) is 4.98 Å². The van der Waals surface area contributed by atoms with E-state index in [1.54, 1.807) is 17.3 Å². The second-order valence-corrected chi connectivity index (χ2v) is 6.98. The molecule has 28 heavy (non-hydrogen) atoms. The Hall–Kier alpha value is -3.28. The average Bonchev–Trinajstić information content (AvgIpc) is 2.73. The molecule has 2 amide bonds. The van der Waals surface area contributed by atoms with Crippen LogP contribution in [-0.4, -0.2) is 45.8 Å². The fourth-order valence-corrected chi connectivity index (χ4v) is 3.75. The summed E-state index contributed by atoms with van der Waals surface area (Å²) in [5, 5.41) is 3.65. The van der Waals surface area contributed by atoms with E-state index >= 15 is 0 Å². The Morgan fingerprint density at radius 3 is 2.89 bits per heavy atom. The second kappa shape index (κ2) is 7.38. The number of hydrogen-bond donors (Lipinski definition) is 1. The highest BCUT2D eigenvalue weighted by Crippen LogP contribution is 2.28. The Morgan fingerprint density at radius 2 is 2.14 bits per heavy atom. The van der Waals surface area contributed by atoms with E-state index in [2.05, 4.69) is 10.3 Å². The molecule has 0 saturated carbocycles. The van der Waals surface area contributed by atoms with E-state index in [1.807, 2.05) is 50.2 Å². The second-order valence-electron chi connectivity index (χ2n) is 6.98. The molecule has 6 nitrogen and oxygen atoms in total. The van der Waals surface area contributed by atoms with Crippen molar-refractivity contribution in [3.05, 3.63) is 59.9 Å². The van der Waals surface area contributed by atoms with Crippen LogP contribution in [0.1, 0.15) is 29.3 Å². The first-order valence-corrected chi connectivity index (χ1v) is 9.49. The Bertz CT molecular complexity index is 1050. The normalized spacial score (nSPS) is 16.9. The van der Waals surface area contributed by atoms with Crippen molar-refractivity contribution in [2.24, 2.45) is 0 Å². The molecule has 0 unspecified atom stereocenters. The maximum absolute atomic E-state index is 13.5. The SMILES string of the molecule is CC[C@@H]1C(=O)NCCN1C(=O)c1cc(-c2cccnc2)nc2c(C)cccc12. The summed E-state index contributed by atoms with van der Waals surface area (Å²) in [5.74, 6) is -0.228. The molecule has 1 fully saturated rings. The topological polar surface area (TPSA) is 75.2 Å². The molecule has 1 atom stereocenters. The van der Waals surface area contributed by atoms with Gasteiger partial charge in [0, 0.05) is 36.4 Å². The van der Waals surface area contributed by atoms with Crippen LogP contribution < -0.4 is 5.32 Å². The smallest absolute Gasteiger partial charge is 0.255 e. The lowest BCUT2D eigenvalue weighted by atomic mass is 10.00. The molecule has 1 N–H and O–H groups in total. The van der Waals surface area contributed by atoms with Gasteiger partial charge in [-0.2, -0.15) is 0 Å². The van der Waals surface area contributed by atoms with E-state index in [0.29, 0.717) is 30.8 Å². The third-order valence-electron chi connectivity index (χ3n) is 5.21. The number of carbonyl (C=O) groups excluding carboxylic acids is 2. The van der Waals surface area contributed by atoms with Crippen LogP contribution in [0.3, 0.4) is 0 Å². The molecule has 1 aromatic carbocycles. The number of pyridine rings is 2. The van der Waals surface area contributed by atoms with Gasteiger partial charge in [0.1, 0.15) is 6.04 Å². The van der Waals surface area contributed by atoms with Gasteiger partial charge in [-0.3, -0.25) is 14.6 Å². The number of hydrogen-bond acceptors (Lipinski definition) is 4. The van der Waals surface area contributed by atoms with Gasteiger partial charge in [0.05, 0.1) is 16.8 Å². The highest BCUT2D eigenvalue weighted by molar-refractivity contribution is 6.09. The van der Waals surface area contributed by atoms with E-state index in [9.17, 15) is 9.59 Å². The number of nitrogens with one attached hydrogen (secondary N) is 1. The van der Waals surface area contributed by atoms with Gasteiger partial charge in [-0.1, -0.05) is 25.1 Å². The van der Waals surface area contributed by atoms with Crippen LogP contribution in [0.5, 0.6) is 0 Å². The number of aromatic nitrogens is 2. The molecule has 3 aromatic rings. The molecule has 0 spiro atoms. The van der Waals surface area contributed by atoms with Crippen LogP contribution in [0.15, 0.2) is 48.8 Å². The Kier molecular flexibility index (Phi) is 4.77. The van der Waals surface area contributed by atoms with Crippen molar-refractivity contribution in [3.63, 3.8) is 0 Å². The summed E-state index contributed by atoms with van der Waals surface area (Å²) in [6, 6.07) is 11.0. The zero-order chi connectivity index (χ0) is 19.7. The van der Waals surface area contributed by atoms with Crippen molar-refractivity contribution in [3.8, 4) is 11.3 Å². The van der Waals surface area contributed by atoms with Crippen molar-refractivity contribution < 1.29 is 9.59 Å². The molecule has 1 saturated heterocycles. The van der Waals surface area contributed by atoms with Crippen LogP contribution in [0.25, 0.3) is 22.2 Å². The van der Waals surface area contributed by atoms with Gasteiger partial charge in [0.15, 0.2) is 0 Å². The minimum Gasteiger partial charge on any atom is -0.353 e. The molecule has 1 aliphatic heterocycles. The summed E-state index contributed by atoms with van der Waals surface area (Å²) < 4.78 is 0. The predicted octanol–water partition coefficient (Wildman–Crippen LogP) is 2.96.